The van der Waals surface area contributed by atoms with Crippen LogP contribution in [0.4, 0.5) is 4.39 Å². The molecule has 0 aliphatic heterocycles. The fourth-order valence-electron chi connectivity index (χ4n) is 2.82. The van der Waals surface area contributed by atoms with Gasteiger partial charge in [0, 0.05) is 11.7 Å². The molecule has 0 radical (unpaired) electrons. The molecule has 1 aromatic carbocycles. The second-order valence-corrected chi connectivity index (χ2v) is 5.18. The summed E-state index contributed by atoms with van der Waals surface area (Å²) in [5, 5.41) is 0. The molecule has 0 saturated carbocycles. The van der Waals surface area contributed by atoms with Gasteiger partial charge in [-0.3, -0.25) is 4.57 Å². The lowest BCUT2D eigenvalue weighted by Crippen LogP contribution is -2.14. The number of nitrogens with two attached hydrogens (primary N) is 1. The minimum absolute atomic E-state index is 0.202. The molecule has 1 heterocycles. The van der Waals surface area contributed by atoms with E-state index in [-0.39, 0.29) is 11.9 Å². The van der Waals surface area contributed by atoms with E-state index in [0.717, 1.165) is 36.2 Å². The van der Waals surface area contributed by atoms with Crippen LogP contribution in [-0.4, -0.2) is 9.55 Å². The molecule has 0 amide bonds. The highest BCUT2D eigenvalue weighted by atomic mass is 19.1. The van der Waals surface area contributed by atoms with Crippen LogP contribution in [0.15, 0.2) is 24.5 Å². The number of halogens is 1. The van der Waals surface area contributed by atoms with Gasteiger partial charge in [-0.2, -0.15) is 0 Å². The molecule has 3 rings (SSSR count). The van der Waals surface area contributed by atoms with Crippen LogP contribution in [0.25, 0.3) is 5.69 Å². The predicted octanol–water partition coefficient (Wildman–Crippen LogP) is 2.91. The molecular weight excluding hydrogens is 241 g/mol. The van der Waals surface area contributed by atoms with Gasteiger partial charge in [-0.05, 0) is 44.2 Å². The van der Waals surface area contributed by atoms with Crippen molar-refractivity contribution in [3.05, 3.63) is 47.3 Å². The van der Waals surface area contributed by atoms with Gasteiger partial charge in [-0.25, -0.2) is 9.37 Å². The summed E-state index contributed by atoms with van der Waals surface area (Å²) in [7, 11) is 0. The number of rotatable bonds is 2. The first-order valence-corrected chi connectivity index (χ1v) is 6.78. The van der Waals surface area contributed by atoms with E-state index in [1.54, 1.807) is 12.4 Å². The first-order chi connectivity index (χ1) is 9.18. The molecule has 19 heavy (non-hydrogen) atoms. The van der Waals surface area contributed by atoms with Crippen molar-refractivity contribution in [1.29, 1.82) is 0 Å². The highest BCUT2D eigenvalue weighted by molar-refractivity contribution is 5.46. The van der Waals surface area contributed by atoms with Crippen LogP contribution in [-0.2, 0) is 12.8 Å². The Balaban J connectivity index is 2.19. The second kappa shape index (κ2) is 4.78. The predicted molar refractivity (Wildman–Crippen MR) is 72.8 cm³/mol. The van der Waals surface area contributed by atoms with Crippen LogP contribution in [0.2, 0.25) is 0 Å². The van der Waals surface area contributed by atoms with Gasteiger partial charge < -0.3 is 5.73 Å². The molecule has 0 fully saturated rings. The van der Waals surface area contributed by atoms with Crippen LogP contribution in [0, 0.1) is 5.82 Å². The Bertz CT molecular complexity index is 601. The molecule has 1 aliphatic rings. The maximum atomic E-state index is 14.2. The fourth-order valence-corrected chi connectivity index (χ4v) is 2.82. The van der Waals surface area contributed by atoms with Crippen molar-refractivity contribution in [2.45, 2.75) is 38.6 Å². The summed E-state index contributed by atoms with van der Waals surface area (Å²) >= 11 is 0. The average Bonchev–Trinajstić information content (AvgIpc) is 2.82. The third kappa shape index (κ3) is 2.06. The molecule has 0 bridgehead atoms. The topological polar surface area (TPSA) is 43.8 Å². The number of nitrogens with zero attached hydrogens (tertiary/aromatic N) is 2. The number of hydrogen-bond acceptors (Lipinski definition) is 2. The Hall–Kier alpha value is -1.68. The van der Waals surface area contributed by atoms with E-state index >= 15 is 0 Å². The third-order valence-corrected chi connectivity index (χ3v) is 3.78. The lowest BCUT2D eigenvalue weighted by atomic mass is 10.00. The number of aryl methyl sites for hydroxylation is 1. The Labute approximate surface area is 112 Å². The summed E-state index contributed by atoms with van der Waals surface area (Å²) in [6.45, 7) is 1.88. The van der Waals surface area contributed by atoms with E-state index in [0.29, 0.717) is 5.69 Å². The van der Waals surface area contributed by atoms with Crippen LogP contribution < -0.4 is 5.73 Å². The van der Waals surface area contributed by atoms with Gasteiger partial charge in [0.2, 0.25) is 0 Å². The molecule has 0 spiro atoms. The normalized spacial score (nSPS) is 16.2. The zero-order valence-corrected chi connectivity index (χ0v) is 11.1. The smallest absolute Gasteiger partial charge is 0.147 e. The number of fused-ring (bicyclic) bond motifs is 1. The molecule has 100 valence electrons. The Morgan fingerprint density at radius 3 is 2.89 bits per heavy atom. The van der Waals surface area contributed by atoms with Gasteiger partial charge in [-0.1, -0.05) is 12.1 Å². The van der Waals surface area contributed by atoms with E-state index in [2.05, 4.69) is 4.98 Å². The van der Waals surface area contributed by atoms with E-state index in [9.17, 15) is 4.39 Å². The zero-order valence-electron chi connectivity index (χ0n) is 11.1. The first kappa shape index (κ1) is 12.4. The molecule has 1 aromatic heterocycles. The van der Waals surface area contributed by atoms with Crippen LogP contribution >= 0.6 is 0 Å². The van der Waals surface area contributed by atoms with Crippen LogP contribution in [0.1, 0.15) is 42.8 Å². The van der Waals surface area contributed by atoms with Gasteiger partial charge in [0.05, 0.1) is 17.7 Å². The molecular formula is C15H18FN3. The molecule has 0 unspecified atom stereocenters. The molecule has 1 aliphatic carbocycles. The van der Waals surface area contributed by atoms with Crippen molar-refractivity contribution in [2.75, 3.05) is 0 Å². The fraction of sp³-hybridized carbons (Fsp3) is 0.400. The summed E-state index contributed by atoms with van der Waals surface area (Å²) in [6, 6.07) is 4.88. The zero-order chi connectivity index (χ0) is 13.4. The largest absolute Gasteiger partial charge is 0.324 e. The van der Waals surface area contributed by atoms with Gasteiger partial charge in [0.1, 0.15) is 5.82 Å². The van der Waals surface area contributed by atoms with Gasteiger partial charge in [-0.15, -0.1) is 0 Å². The highest BCUT2D eigenvalue weighted by Gasteiger charge is 2.20. The molecule has 0 saturated heterocycles. The van der Waals surface area contributed by atoms with E-state index < -0.39 is 0 Å². The van der Waals surface area contributed by atoms with Gasteiger partial charge >= 0.3 is 0 Å². The molecule has 2 N–H and O–H groups in total. The first-order valence-electron chi connectivity index (χ1n) is 6.78. The quantitative estimate of drug-likeness (QED) is 0.901. The summed E-state index contributed by atoms with van der Waals surface area (Å²) in [5.41, 5.74) is 9.59. The highest BCUT2D eigenvalue weighted by Crippen LogP contribution is 2.28. The maximum absolute atomic E-state index is 14.2. The molecule has 2 aromatic rings. The Morgan fingerprint density at radius 2 is 2.11 bits per heavy atom. The van der Waals surface area contributed by atoms with Crippen molar-refractivity contribution in [1.82, 2.24) is 9.55 Å². The summed E-state index contributed by atoms with van der Waals surface area (Å²) in [5.74, 6) is -0.236. The van der Waals surface area contributed by atoms with E-state index in [1.165, 1.54) is 12.5 Å². The van der Waals surface area contributed by atoms with Crippen molar-refractivity contribution in [3.8, 4) is 5.69 Å². The third-order valence-electron chi connectivity index (χ3n) is 3.78. The summed E-state index contributed by atoms with van der Waals surface area (Å²) < 4.78 is 16.1. The summed E-state index contributed by atoms with van der Waals surface area (Å²) in [4.78, 5) is 4.43. The van der Waals surface area contributed by atoms with Crippen molar-refractivity contribution >= 4 is 0 Å². The van der Waals surface area contributed by atoms with Crippen molar-refractivity contribution in [3.63, 3.8) is 0 Å². The molecule has 1 atom stereocenters. The number of para-hydroxylation sites is 1. The minimum Gasteiger partial charge on any atom is -0.324 e. The van der Waals surface area contributed by atoms with Gasteiger partial charge in [0.25, 0.3) is 0 Å². The van der Waals surface area contributed by atoms with E-state index in [4.69, 9.17) is 5.73 Å². The Kier molecular flexibility index (Phi) is 3.11. The monoisotopic (exact) mass is 259 g/mol. The second-order valence-electron chi connectivity index (χ2n) is 5.18. The van der Waals surface area contributed by atoms with Crippen molar-refractivity contribution < 1.29 is 4.39 Å². The number of hydrogen-bond donors (Lipinski definition) is 1. The van der Waals surface area contributed by atoms with Crippen molar-refractivity contribution in [2.24, 2.45) is 5.73 Å². The van der Waals surface area contributed by atoms with Crippen LogP contribution in [0.5, 0.6) is 0 Å². The standard InChI is InChI=1S/C15H18FN3/c1-10(17)11-5-4-6-12(16)15(11)19-9-18-13-7-2-3-8-14(13)19/h4-6,9-10H,2-3,7-8,17H2,1H3/t10-/m0/s1. The number of imidazole rings is 1. The van der Waals surface area contributed by atoms with Gasteiger partial charge in [0.15, 0.2) is 0 Å². The van der Waals surface area contributed by atoms with Crippen LogP contribution in [0.3, 0.4) is 0 Å². The molecule has 4 heteroatoms. The summed E-state index contributed by atoms with van der Waals surface area (Å²) in [6.07, 6.45) is 5.99. The number of benzene rings is 1. The van der Waals surface area contributed by atoms with E-state index in [1.807, 2.05) is 17.6 Å². The lowest BCUT2D eigenvalue weighted by Gasteiger charge is -2.18. The molecule has 3 nitrogen and oxygen atoms in total. The maximum Gasteiger partial charge on any atom is 0.147 e. The lowest BCUT2D eigenvalue weighted by molar-refractivity contribution is 0.601. The Morgan fingerprint density at radius 1 is 1.32 bits per heavy atom. The average molecular weight is 259 g/mol. The number of aromatic nitrogens is 2. The minimum atomic E-state index is -0.236. The SMILES string of the molecule is C[C@H](N)c1cccc(F)c1-n1cnc2c1CCCC2.